The van der Waals surface area contributed by atoms with E-state index in [-0.39, 0.29) is 6.61 Å². The Hall–Kier alpha value is -0.470. The van der Waals surface area contributed by atoms with Gasteiger partial charge in [-0.2, -0.15) is 17.0 Å². The Morgan fingerprint density at radius 1 is 1.33 bits per heavy atom. The van der Waals surface area contributed by atoms with Crippen molar-refractivity contribution < 1.29 is 13.5 Å². The van der Waals surface area contributed by atoms with Crippen LogP contribution in [0.15, 0.2) is 28.7 Å². The zero-order chi connectivity index (χ0) is 13.9. The number of likely N-dealkylation sites (N-methyl/N-ethyl adjacent to an activating group) is 1. The normalized spacial score (nSPS) is 14.2. The molecule has 7 heteroatoms. The molecule has 1 rings (SSSR count). The molecule has 0 amide bonds. The lowest BCUT2D eigenvalue weighted by Gasteiger charge is -2.28. The number of benzene rings is 1. The molecule has 0 radical (unpaired) electrons. The molecule has 1 atom stereocenters. The lowest BCUT2D eigenvalue weighted by molar-refractivity contribution is 0.199. The van der Waals surface area contributed by atoms with Gasteiger partial charge in [-0.3, -0.25) is 0 Å². The van der Waals surface area contributed by atoms with Gasteiger partial charge in [0.25, 0.3) is 10.2 Å². The van der Waals surface area contributed by atoms with Gasteiger partial charge in [-0.25, -0.2) is 0 Å². The average Bonchev–Trinajstić information content (AvgIpc) is 2.29. The maximum absolute atomic E-state index is 12.0. The Kier molecular flexibility index (Phi) is 5.30. The topological polar surface area (TPSA) is 60.9 Å². The molecule has 0 aliphatic rings. The molecule has 0 bridgehead atoms. The second-order valence-electron chi connectivity index (χ2n) is 4.06. The molecule has 0 saturated carbocycles. The number of rotatable bonds is 5. The third-order valence-corrected chi connectivity index (χ3v) is 5.07. The van der Waals surface area contributed by atoms with Gasteiger partial charge in [-0.05, 0) is 17.7 Å². The van der Waals surface area contributed by atoms with Crippen LogP contribution >= 0.6 is 15.9 Å². The molecule has 0 heterocycles. The highest BCUT2D eigenvalue weighted by Gasteiger charge is 2.28. The molecule has 0 unspecified atom stereocenters. The highest BCUT2D eigenvalue weighted by molar-refractivity contribution is 9.10. The monoisotopic (exact) mass is 336 g/mol. The Morgan fingerprint density at radius 3 is 2.39 bits per heavy atom. The Bertz CT molecular complexity index is 505. The first kappa shape index (κ1) is 15.6. The molecule has 5 nitrogen and oxygen atoms in total. The predicted octanol–water partition coefficient (Wildman–Crippen LogP) is 1.22. The SMILES string of the molecule is CN(C)S(=O)(=O)N(C)[C@H](CO)c1cccc(Br)c1. The average molecular weight is 337 g/mol. The van der Waals surface area contributed by atoms with E-state index in [0.29, 0.717) is 0 Å². The van der Waals surface area contributed by atoms with Crippen LogP contribution < -0.4 is 0 Å². The van der Waals surface area contributed by atoms with Gasteiger partial charge < -0.3 is 5.11 Å². The molecule has 0 aromatic heterocycles. The van der Waals surface area contributed by atoms with Gasteiger partial charge in [0, 0.05) is 25.6 Å². The molecule has 1 aromatic carbocycles. The molecule has 0 saturated heterocycles. The van der Waals surface area contributed by atoms with Gasteiger partial charge in [-0.1, -0.05) is 28.1 Å². The third-order valence-electron chi connectivity index (χ3n) is 2.67. The minimum Gasteiger partial charge on any atom is -0.394 e. The summed E-state index contributed by atoms with van der Waals surface area (Å²) in [5.74, 6) is 0. The fourth-order valence-corrected chi connectivity index (χ4v) is 3.00. The zero-order valence-electron chi connectivity index (χ0n) is 10.5. The second kappa shape index (κ2) is 6.12. The first-order chi connectivity index (χ1) is 8.30. The van der Waals surface area contributed by atoms with Gasteiger partial charge in [0.2, 0.25) is 0 Å². The van der Waals surface area contributed by atoms with Crippen LogP contribution in [0, 0.1) is 0 Å². The van der Waals surface area contributed by atoms with E-state index in [1.54, 1.807) is 18.2 Å². The molecule has 18 heavy (non-hydrogen) atoms. The smallest absolute Gasteiger partial charge is 0.281 e. The van der Waals surface area contributed by atoms with Crippen molar-refractivity contribution in [3.8, 4) is 0 Å². The Morgan fingerprint density at radius 2 is 1.94 bits per heavy atom. The van der Waals surface area contributed by atoms with E-state index in [2.05, 4.69) is 15.9 Å². The van der Waals surface area contributed by atoms with Crippen LogP contribution in [0.4, 0.5) is 0 Å². The zero-order valence-corrected chi connectivity index (χ0v) is 12.9. The Balaban J connectivity index is 3.12. The minimum absolute atomic E-state index is 0.278. The highest BCUT2D eigenvalue weighted by atomic mass is 79.9. The summed E-state index contributed by atoms with van der Waals surface area (Å²) in [6.45, 7) is -0.278. The summed E-state index contributed by atoms with van der Waals surface area (Å²) in [6, 6.07) is 6.63. The minimum atomic E-state index is -3.56. The number of aliphatic hydroxyl groups is 1. The van der Waals surface area contributed by atoms with Crippen molar-refractivity contribution in [3.05, 3.63) is 34.3 Å². The maximum atomic E-state index is 12.0. The number of aliphatic hydroxyl groups excluding tert-OH is 1. The lowest BCUT2D eigenvalue weighted by atomic mass is 10.1. The van der Waals surface area contributed by atoms with E-state index >= 15 is 0 Å². The van der Waals surface area contributed by atoms with Gasteiger partial charge in [0.15, 0.2) is 0 Å². The van der Waals surface area contributed by atoms with Gasteiger partial charge >= 0.3 is 0 Å². The van der Waals surface area contributed by atoms with Crippen molar-refractivity contribution in [2.45, 2.75) is 6.04 Å². The summed E-state index contributed by atoms with van der Waals surface area (Å²) in [6.07, 6.45) is 0. The van der Waals surface area contributed by atoms with E-state index in [1.165, 1.54) is 21.1 Å². The number of hydrogen-bond acceptors (Lipinski definition) is 3. The van der Waals surface area contributed by atoms with Crippen LogP contribution in [0.1, 0.15) is 11.6 Å². The lowest BCUT2D eigenvalue weighted by Crippen LogP contribution is -2.40. The second-order valence-corrected chi connectivity index (χ2v) is 7.18. The van der Waals surface area contributed by atoms with Gasteiger partial charge in [-0.15, -0.1) is 0 Å². The number of halogens is 1. The predicted molar refractivity (Wildman–Crippen MR) is 74.3 cm³/mol. The summed E-state index contributed by atoms with van der Waals surface area (Å²) in [5.41, 5.74) is 0.736. The van der Waals surface area contributed by atoms with Crippen LogP contribution in [0.5, 0.6) is 0 Å². The van der Waals surface area contributed by atoms with Gasteiger partial charge in [0.05, 0.1) is 12.6 Å². The van der Waals surface area contributed by atoms with Crippen LogP contribution in [0.25, 0.3) is 0 Å². The maximum Gasteiger partial charge on any atom is 0.281 e. The van der Waals surface area contributed by atoms with E-state index in [4.69, 9.17) is 0 Å². The molecular formula is C11H17BrN2O3S. The fourth-order valence-electron chi connectivity index (χ4n) is 1.56. The number of hydrogen-bond donors (Lipinski definition) is 1. The molecule has 1 N–H and O–H groups in total. The summed E-state index contributed by atoms with van der Waals surface area (Å²) >= 11 is 3.33. The first-order valence-corrected chi connectivity index (χ1v) is 7.51. The molecule has 1 aromatic rings. The first-order valence-electron chi connectivity index (χ1n) is 5.32. The van der Waals surface area contributed by atoms with Crippen LogP contribution in [-0.2, 0) is 10.2 Å². The summed E-state index contributed by atoms with van der Waals surface area (Å²) in [7, 11) is 0.817. The largest absolute Gasteiger partial charge is 0.394 e. The van der Waals surface area contributed by atoms with Crippen molar-refractivity contribution in [2.24, 2.45) is 0 Å². The van der Waals surface area contributed by atoms with Gasteiger partial charge in [0.1, 0.15) is 0 Å². The van der Waals surface area contributed by atoms with Crippen molar-refractivity contribution >= 4 is 26.1 Å². The van der Waals surface area contributed by atoms with Crippen molar-refractivity contribution in [1.29, 1.82) is 0 Å². The quantitative estimate of drug-likeness (QED) is 0.879. The van der Waals surface area contributed by atoms with Crippen LogP contribution in [0.3, 0.4) is 0 Å². The van der Waals surface area contributed by atoms with Crippen molar-refractivity contribution in [2.75, 3.05) is 27.7 Å². The molecular weight excluding hydrogens is 320 g/mol. The number of nitrogens with zero attached hydrogens (tertiary/aromatic N) is 2. The van der Waals surface area contributed by atoms with E-state index in [9.17, 15) is 13.5 Å². The molecule has 0 aliphatic heterocycles. The molecule has 0 aliphatic carbocycles. The van der Waals surface area contributed by atoms with Crippen LogP contribution in [0.2, 0.25) is 0 Å². The van der Waals surface area contributed by atoms with Crippen molar-refractivity contribution in [1.82, 2.24) is 8.61 Å². The molecule has 102 valence electrons. The van der Waals surface area contributed by atoms with E-state index < -0.39 is 16.3 Å². The third kappa shape index (κ3) is 3.30. The molecule has 0 fully saturated rings. The fraction of sp³-hybridized carbons (Fsp3) is 0.455. The van der Waals surface area contributed by atoms with E-state index in [0.717, 1.165) is 18.6 Å². The summed E-state index contributed by atoms with van der Waals surface area (Å²) in [5, 5.41) is 9.45. The standard InChI is InChI=1S/C11H17BrN2O3S/c1-13(2)18(16,17)14(3)11(8-15)9-5-4-6-10(12)7-9/h4-7,11,15H,8H2,1-3H3/t11-/m1/s1. The summed E-state index contributed by atoms with van der Waals surface area (Å²) in [4.78, 5) is 0. The highest BCUT2D eigenvalue weighted by Crippen LogP contribution is 2.24. The van der Waals surface area contributed by atoms with Crippen LogP contribution in [-0.4, -0.2) is 49.9 Å². The Labute approximate surface area is 116 Å². The summed E-state index contributed by atoms with van der Waals surface area (Å²) < 4.78 is 27.2. The van der Waals surface area contributed by atoms with E-state index in [1.807, 2.05) is 6.07 Å². The van der Waals surface area contributed by atoms with Crippen molar-refractivity contribution in [3.63, 3.8) is 0 Å². The molecule has 0 spiro atoms.